The van der Waals surface area contributed by atoms with Crippen molar-refractivity contribution in [1.82, 2.24) is 10.2 Å². The van der Waals surface area contributed by atoms with Crippen LogP contribution < -0.4 is 10.0 Å². The van der Waals surface area contributed by atoms with Crippen LogP contribution in [0.5, 0.6) is 0 Å². The summed E-state index contributed by atoms with van der Waals surface area (Å²) < 4.78 is 27.8. The molecule has 0 spiro atoms. The first-order valence-electron chi connectivity index (χ1n) is 9.89. The molecule has 0 aromatic heterocycles. The smallest absolute Gasteiger partial charge is 0.261 e. The number of nitrogens with one attached hydrogen (secondary N) is 2. The van der Waals surface area contributed by atoms with Crippen LogP contribution in [0.1, 0.15) is 36.5 Å². The van der Waals surface area contributed by atoms with Crippen molar-refractivity contribution >= 4 is 50.7 Å². The molecule has 2 aromatic rings. The number of amides is 2. The lowest BCUT2D eigenvalue weighted by Crippen LogP contribution is -2.46. The minimum atomic E-state index is -3.93. The first kappa shape index (κ1) is 23.4. The zero-order valence-corrected chi connectivity index (χ0v) is 19.2. The summed E-state index contributed by atoms with van der Waals surface area (Å²) in [5.74, 6) is -0.478. The molecule has 1 heterocycles. The number of carbonyl (C=O) groups excluding carboxylic acids is 2. The number of carbonyl (C=O) groups is 2. The van der Waals surface area contributed by atoms with Gasteiger partial charge in [0.1, 0.15) is 6.04 Å². The van der Waals surface area contributed by atoms with E-state index in [4.69, 9.17) is 23.2 Å². The van der Waals surface area contributed by atoms with Crippen molar-refractivity contribution in [2.45, 2.75) is 37.1 Å². The number of nitrogens with zero attached hydrogens (tertiary/aromatic N) is 1. The summed E-state index contributed by atoms with van der Waals surface area (Å²) in [6.45, 7) is 2.99. The maximum atomic E-state index is 13.0. The second-order valence-electron chi connectivity index (χ2n) is 7.21. The number of anilines is 1. The van der Waals surface area contributed by atoms with Gasteiger partial charge in [0.05, 0.1) is 14.9 Å². The normalized spacial score (nSPS) is 16.2. The van der Waals surface area contributed by atoms with E-state index < -0.39 is 16.1 Å². The summed E-state index contributed by atoms with van der Waals surface area (Å²) >= 11 is 11.8. The SMILES string of the molecule is CCCNC(=O)[C@@H]1CCCN1C(=O)c1cccc(NS(=O)(=O)c2ccc(Cl)c(Cl)c2)c1. The number of sulfonamides is 1. The summed E-state index contributed by atoms with van der Waals surface area (Å²) in [6, 6.07) is 9.66. The predicted octanol–water partition coefficient (Wildman–Crippen LogP) is 3.93. The van der Waals surface area contributed by atoms with Crippen molar-refractivity contribution in [1.29, 1.82) is 0 Å². The second kappa shape index (κ2) is 9.89. The molecule has 0 bridgehead atoms. The molecule has 2 aromatic carbocycles. The topological polar surface area (TPSA) is 95.6 Å². The van der Waals surface area contributed by atoms with Crippen molar-refractivity contribution in [2.24, 2.45) is 0 Å². The summed E-state index contributed by atoms with van der Waals surface area (Å²) in [4.78, 5) is 26.9. The highest BCUT2D eigenvalue weighted by Gasteiger charge is 2.34. The van der Waals surface area contributed by atoms with Crippen molar-refractivity contribution < 1.29 is 18.0 Å². The first-order valence-corrected chi connectivity index (χ1v) is 12.1. The highest BCUT2D eigenvalue weighted by Crippen LogP contribution is 2.27. The predicted molar refractivity (Wildman–Crippen MR) is 121 cm³/mol. The Morgan fingerprint density at radius 2 is 1.90 bits per heavy atom. The Labute approximate surface area is 191 Å². The van der Waals surface area contributed by atoms with E-state index in [9.17, 15) is 18.0 Å². The average molecular weight is 484 g/mol. The number of benzene rings is 2. The van der Waals surface area contributed by atoms with Crippen LogP contribution in [0, 0.1) is 0 Å². The zero-order valence-electron chi connectivity index (χ0n) is 16.9. The maximum absolute atomic E-state index is 13.0. The fourth-order valence-electron chi connectivity index (χ4n) is 3.39. The third-order valence-corrected chi connectivity index (χ3v) is 7.05. The van der Waals surface area contributed by atoms with Gasteiger partial charge in [-0.05, 0) is 55.7 Å². The van der Waals surface area contributed by atoms with Gasteiger partial charge in [0.15, 0.2) is 0 Å². The molecule has 10 heteroatoms. The Balaban J connectivity index is 1.78. The quantitative estimate of drug-likeness (QED) is 0.623. The van der Waals surface area contributed by atoms with E-state index >= 15 is 0 Å². The van der Waals surface area contributed by atoms with Crippen molar-refractivity contribution in [3.63, 3.8) is 0 Å². The summed E-state index contributed by atoms with van der Waals surface area (Å²) in [6.07, 6.45) is 2.15. The van der Waals surface area contributed by atoms with Gasteiger partial charge in [0, 0.05) is 24.3 Å². The molecule has 0 saturated carbocycles. The standard InChI is InChI=1S/C21H23Cl2N3O4S/c1-2-10-24-20(27)19-7-4-11-26(19)21(28)14-5-3-6-15(12-14)25-31(29,30)16-8-9-17(22)18(23)13-16/h3,5-6,8-9,12-13,19,25H,2,4,7,10-11H2,1H3,(H,24,27)/t19-/m0/s1. The molecule has 1 atom stereocenters. The molecule has 166 valence electrons. The van der Waals surface area contributed by atoms with E-state index in [0.29, 0.717) is 25.1 Å². The Bertz CT molecular complexity index is 1090. The number of likely N-dealkylation sites (tertiary alicyclic amines) is 1. The average Bonchev–Trinajstić information content (AvgIpc) is 3.23. The fraction of sp³-hybridized carbons (Fsp3) is 0.333. The monoisotopic (exact) mass is 483 g/mol. The number of hydrogen-bond acceptors (Lipinski definition) is 4. The lowest BCUT2D eigenvalue weighted by molar-refractivity contribution is -0.124. The van der Waals surface area contributed by atoms with Gasteiger partial charge in [0.25, 0.3) is 15.9 Å². The number of rotatable bonds is 7. The summed E-state index contributed by atoms with van der Waals surface area (Å²) in [5.41, 5.74) is 0.521. The molecule has 2 N–H and O–H groups in total. The third kappa shape index (κ3) is 5.50. The van der Waals surface area contributed by atoms with E-state index in [1.54, 1.807) is 18.2 Å². The summed E-state index contributed by atoms with van der Waals surface area (Å²) in [7, 11) is -3.93. The fourth-order valence-corrected chi connectivity index (χ4v) is 4.83. The van der Waals surface area contributed by atoms with E-state index in [1.807, 2.05) is 6.92 Å². The maximum Gasteiger partial charge on any atom is 0.261 e. The van der Waals surface area contributed by atoms with E-state index in [1.165, 1.54) is 29.2 Å². The van der Waals surface area contributed by atoms with Crippen LogP contribution in [0.25, 0.3) is 0 Å². The van der Waals surface area contributed by atoms with Gasteiger partial charge in [-0.3, -0.25) is 14.3 Å². The third-order valence-electron chi connectivity index (χ3n) is 4.93. The highest BCUT2D eigenvalue weighted by molar-refractivity contribution is 7.92. The molecular formula is C21H23Cl2N3O4S. The van der Waals surface area contributed by atoms with Crippen LogP contribution in [0.15, 0.2) is 47.4 Å². The minimum absolute atomic E-state index is 0.0502. The van der Waals surface area contributed by atoms with Crippen molar-refractivity contribution in [2.75, 3.05) is 17.8 Å². The van der Waals surface area contributed by atoms with E-state index in [0.717, 1.165) is 12.8 Å². The molecule has 0 radical (unpaired) electrons. The van der Waals surface area contributed by atoms with Gasteiger partial charge >= 0.3 is 0 Å². The Morgan fingerprint density at radius 1 is 1.13 bits per heavy atom. The van der Waals surface area contributed by atoms with Crippen LogP contribution >= 0.6 is 23.2 Å². The lowest BCUT2D eigenvalue weighted by atomic mass is 10.1. The van der Waals surface area contributed by atoms with Crippen LogP contribution in [-0.2, 0) is 14.8 Å². The van der Waals surface area contributed by atoms with Gasteiger partial charge < -0.3 is 10.2 Å². The Hall–Kier alpha value is -2.29. The molecule has 1 saturated heterocycles. The van der Waals surface area contributed by atoms with Crippen molar-refractivity contribution in [3.8, 4) is 0 Å². The minimum Gasteiger partial charge on any atom is -0.354 e. The van der Waals surface area contributed by atoms with Gasteiger partial charge in [-0.25, -0.2) is 8.42 Å². The molecule has 1 aliphatic heterocycles. The highest BCUT2D eigenvalue weighted by atomic mass is 35.5. The summed E-state index contributed by atoms with van der Waals surface area (Å²) in [5, 5.41) is 3.20. The van der Waals surface area contributed by atoms with Gasteiger partial charge in [0.2, 0.25) is 5.91 Å². The zero-order chi connectivity index (χ0) is 22.6. The van der Waals surface area contributed by atoms with Gasteiger partial charge in [-0.1, -0.05) is 36.2 Å². The number of halogens is 2. The molecule has 3 rings (SSSR count). The van der Waals surface area contributed by atoms with Crippen molar-refractivity contribution in [3.05, 3.63) is 58.1 Å². The first-order chi connectivity index (χ1) is 14.7. The molecule has 0 aliphatic carbocycles. The molecule has 1 fully saturated rings. The van der Waals surface area contributed by atoms with Crippen LogP contribution in [-0.4, -0.2) is 44.3 Å². The lowest BCUT2D eigenvalue weighted by Gasteiger charge is -2.24. The van der Waals surface area contributed by atoms with Crippen LogP contribution in [0.2, 0.25) is 10.0 Å². The number of hydrogen-bond donors (Lipinski definition) is 2. The molecule has 1 aliphatic rings. The Kier molecular flexibility index (Phi) is 7.46. The molecule has 2 amide bonds. The van der Waals surface area contributed by atoms with Crippen LogP contribution in [0.4, 0.5) is 5.69 Å². The van der Waals surface area contributed by atoms with Gasteiger partial charge in [-0.15, -0.1) is 0 Å². The van der Waals surface area contributed by atoms with Gasteiger partial charge in [-0.2, -0.15) is 0 Å². The largest absolute Gasteiger partial charge is 0.354 e. The molecule has 31 heavy (non-hydrogen) atoms. The Morgan fingerprint density at radius 3 is 2.61 bits per heavy atom. The molecule has 7 nitrogen and oxygen atoms in total. The molecule has 0 unspecified atom stereocenters. The van der Waals surface area contributed by atoms with E-state index in [-0.39, 0.29) is 32.4 Å². The molecular weight excluding hydrogens is 461 g/mol. The second-order valence-corrected chi connectivity index (χ2v) is 9.71. The van der Waals surface area contributed by atoms with E-state index in [2.05, 4.69) is 10.0 Å². The van der Waals surface area contributed by atoms with Crippen LogP contribution in [0.3, 0.4) is 0 Å².